The average molecular weight is 460 g/mol. The second-order valence-electron chi connectivity index (χ2n) is 6.92. The van der Waals surface area contributed by atoms with Gasteiger partial charge in [-0.3, -0.25) is 28.8 Å². The minimum atomic E-state index is -1.64. The molecule has 4 unspecified atom stereocenters. The highest BCUT2D eigenvalue weighted by atomic mass is 16.4. The molecule has 0 aliphatic heterocycles. The minimum absolute atomic E-state index is 0.249. The van der Waals surface area contributed by atoms with Crippen LogP contribution in [0.25, 0.3) is 0 Å². The molecule has 0 heterocycles. The molecule has 5 amide bonds. The molecule has 0 bridgehead atoms. The van der Waals surface area contributed by atoms with Gasteiger partial charge in [-0.25, -0.2) is 4.79 Å². The van der Waals surface area contributed by atoms with E-state index in [0.717, 1.165) is 0 Å². The number of amides is 5. The van der Waals surface area contributed by atoms with E-state index >= 15 is 0 Å². The molecule has 0 fully saturated rings. The first-order chi connectivity index (χ1) is 14.7. The monoisotopic (exact) mass is 460 g/mol. The van der Waals surface area contributed by atoms with Gasteiger partial charge in [-0.15, -0.1) is 0 Å². The van der Waals surface area contributed by atoms with E-state index in [2.05, 4.69) is 10.6 Å². The molecule has 11 N–H and O–H groups in total. The lowest BCUT2D eigenvalue weighted by atomic mass is 10.1. The van der Waals surface area contributed by atoms with Gasteiger partial charge in [0.25, 0.3) is 0 Å². The number of hydrogen-bond acceptors (Lipinski definition) is 8. The predicted octanol–water partition coefficient (Wildman–Crippen LogP) is -4.12. The van der Waals surface area contributed by atoms with E-state index in [1.54, 1.807) is 0 Å². The molecule has 0 aliphatic rings. The van der Waals surface area contributed by atoms with Crippen molar-refractivity contribution in [2.75, 3.05) is 0 Å². The molecular formula is C17H28N6O9. The van der Waals surface area contributed by atoms with Crippen molar-refractivity contribution in [1.82, 2.24) is 16.0 Å². The van der Waals surface area contributed by atoms with Crippen LogP contribution < -0.4 is 33.2 Å². The maximum Gasteiger partial charge on any atom is 0.326 e. The first-order valence-electron chi connectivity index (χ1n) is 9.42. The van der Waals surface area contributed by atoms with Crippen LogP contribution in [0.3, 0.4) is 0 Å². The lowest BCUT2D eigenvalue weighted by molar-refractivity contribution is -0.143. The van der Waals surface area contributed by atoms with Gasteiger partial charge in [0, 0.05) is 12.8 Å². The summed E-state index contributed by atoms with van der Waals surface area (Å²) in [5.41, 5.74) is 15.6. The standard InChI is InChI=1S/C17H28N6O9/c1-7(18)14(28)21-8(2-4-11(19)24)15(29)23-10(6-12(20)25)16(30)22-9(17(31)32)3-5-13(26)27/h7-10H,2-6,18H2,1H3,(H2,19,24)(H2,20,25)(H,21,28)(H,22,30)(H,23,29)(H,26,27)(H,31,32). The van der Waals surface area contributed by atoms with Crippen molar-refractivity contribution in [2.24, 2.45) is 17.2 Å². The van der Waals surface area contributed by atoms with Gasteiger partial charge >= 0.3 is 11.9 Å². The van der Waals surface area contributed by atoms with Gasteiger partial charge in [-0.05, 0) is 19.8 Å². The number of carboxylic acids is 2. The Balaban J connectivity index is 5.49. The molecule has 0 aromatic carbocycles. The van der Waals surface area contributed by atoms with Crippen molar-refractivity contribution >= 4 is 41.5 Å². The Hall–Kier alpha value is -3.75. The number of nitrogens with two attached hydrogens (primary N) is 3. The number of rotatable bonds is 15. The molecule has 4 atom stereocenters. The Morgan fingerprint density at radius 2 is 1.19 bits per heavy atom. The van der Waals surface area contributed by atoms with Crippen LogP contribution in [-0.4, -0.2) is 75.9 Å². The fraction of sp³-hybridized carbons (Fsp3) is 0.588. The Bertz CT molecular complexity index is 755. The summed E-state index contributed by atoms with van der Waals surface area (Å²) < 4.78 is 0. The first kappa shape index (κ1) is 28.2. The van der Waals surface area contributed by atoms with Gasteiger partial charge in [0.05, 0.1) is 12.5 Å². The van der Waals surface area contributed by atoms with Crippen molar-refractivity contribution in [3.05, 3.63) is 0 Å². The summed E-state index contributed by atoms with van der Waals surface area (Å²) in [6.45, 7) is 1.34. The third-order valence-corrected chi connectivity index (χ3v) is 4.03. The molecule has 0 saturated heterocycles. The van der Waals surface area contributed by atoms with Crippen LogP contribution in [0.1, 0.15) is 39.0 Å². The molecule has 0 spiro atoms. The third kappa shape index (κ3) is 11.4. The largest absolute Gasteiger partial charge is 0.481 e. The molecule has 32 heavy (non-hydrogen) atoms. The van der Waals surface area contributed by atoms with Crippen LogP contribution >= 0.6 is 0 Å². The molecule has 0 aromatic rings. The van der Waals surface area contributed by atoms with E-state index in [0.29, 0.717) is 0 Å². The number of hydrogen-bond donors (Lipinski definition) is 8. The number of aliphatic carboxylic acids is 2. The zero-order chi connectivity index (χ0) is 25.0. The van der Waals surface area contributed by atoms with Gasteiger partial charge < -0.3 is 43.4 Å². The van der Waals surface area contributed by atoms with Crippen molar-refractivity contribution in [2.45, 2.75) is 63.2 Å². The summed E-state index contributed by atoms with van der Waals surface area (Å²) in [6, 6.07) is -5.62. The number of carbonyl (C=O) groups is 7. The summed E-state index contributed by atoms with van der Waals surface area (Å²) >= 11 is 0. The topological polar surface area (TPSA) is 274 Å². The first-order valence-corrected chi connectivity index (χ1v) is 9.42. The zero-order valence-electron chi connectivity index (χ0n) is 17.3. The number of carbonyl (C=O) groups excluding carboxylic acids is 5. The van der Waals surface area contributed by atoms with Gasteiger partial charge in [0.15, 0.2) is 0 Å². The number of carboxylic acid groups (broad SMARTS) is 2. The van der Waals surface area contributed by atoms with E-state index < -0.39 is 84.9 Å². The quantitative estimate of drug-likeness (QED) is 0.117. The van der Waals surface area contributed by atoms with Crippen LogP contribution in [0.2, 0.25) is 0 Å². The summed E-state index contributed by atoms with van der Waals surface area (Å²) in [5.74, 6) is -7.48. The summed E-state index contributed by atoms with van der Waals surface area (Å²) in [7, 11) is 0. The lowest BCUT2D eigenvalue weighted by Crippen LogP contribution is -2.57. The molecule has 15 heteroatoms. The van der Waals surface area contributed by atoms with Crippen molar-refractivity contribution in [3.8, 4) is 0 Å². The van der Waals surface area contributed by atoms with Crippen molar-refractivity contribution in [1.29, 1.82) is 0 Å². The highest BCUT2D eigenvalue weighted by molar-refractivity contribution is 5.96. The smallest absolute Gasteiger partial charge is 0.326 e. The zero-order valence-corrected chi connectivity index (χ0v) is 17.3. The molecule has 0 aliphatic carbocycles. The van der Waals surface area contributed by atoms with Crippen LogP contribution in [0, 0.1) is 0 Å². The molecule has 0 radical (unpaired) electrons. The van der Waals surface area contributed by atoms with Gasteiger partial charge in [-0.1, -0.05) is 0 Å². The number of primary amides is 2. The maximum absolute atomic E-state index is 12.6. The second-order valence-corrected chi connectivity index (χ2v) is 6.92. The predicted molar refractivity (Wildman–Crippen MR) is 106 cm³/mol. The number of nitrogens with one attached hydrogen (secondary N) is 3. The van der Waals surface area contributed by atoms with Crippen LogP contribution in [-0.2, 0) is 33.6 Å². The Morgan fingerprint density at radius 3 is 1.62 bits per heavy atom. The van der Waals surface area contributed by atoms with Crippen LogP contribution in [0.15, 0.2) is 0 Å². The van der Waals surface area contributed by atoms with E-state index in [4.69, 9.17) is 27.4 Å². The molecular weight excluding hydrogens is 432 g/mol. The average Bonchev–Trinajstić information content (AvgIpc) is 2.66. The van der Waals surface area contributed by atoms with Crippen LogP contribution in [0.4, 0.5) is 0 Å². The highest BCUT2D eigenvalue weighted by Crippen LogP contribution is 2.04. The molecule has 15 nitrogen and oxygen atoms in total. The summed E-state index contributed by atoms with van der Waals surface area (Å²) in [4.78, 5) is 81.2. The van der Waals surface area contributed by atoms with Gasteiger partial charge in [0.2, 0.25) is 29.5 Å². The van der Waals surface area contributed by atoms with E-state index in [9.17, 15) is 33.6 Å². The van der Waals surface area contributed by atoms with Crippen molar-refractivity contribution in [3.63, 3.8) is 0 Å². The molecule has 180 valence electrons. The third-order valence-electron chi connectivity index (χ3n) is 4.03. The Labute approximate surface area is 182 Å². The van der Waals surface area contributed by atoms with E-state index in [1.165, 1.54) is 6.92 Å². The van der Waals surface area contributed by atoms with Crippen LogP contribution in [0.5, 0.6) is 0 Å². The maximum atomic E-state index is 12.6. The Kier molecular flexibility index (Phi) is 11.9. The molecule has 0 saturated carbocycles. The molecule has 0 aromatic heterocycles. The van der Waals surface area contributed by atoms with E-state index in [-0.39, 0.29) is 12.8 Å². The molecule has 0 rings (SSSR count). The lowest BCUT2D eigenvalue weighted by Gasteiger charge is -2.24. The fourth-order valence-corrected chi connectivity index (χ4v) is 2.34. The SMILES string of the molecule is CC(N)C(=O)NC(CCC(N)=O)C(=O)NC(CC(N)=O)C(=O)NC(CCC(=O)O)C(=O)O. The second kappa shape index (κ2) is 13.5. The normalized spacial score (nSPS) is 14.2. The summed E-state index contributed by atoms with van der Waals surface area (Å²) in [6.07, 6.45) is -2.31. The van der Waals surface area contributed by atoms with Gasteiger partial charge in [0.1, 0.15) is 18.1 Å². The minimum Gasteiger partial charge on any atom is -0.481 e. The fourth-order valence-electron chi connectivity index (χ4n) is 2.34. The van der Waals surface area contributed by atoms with Crippen molar-refractivity contribution < 1.29 is 43.8 Å². The van der Waals surface area contributed by atoms with Gasteiger partial charge in [-0.2, -0.15) is 0 Å². The summed E-state index contributed by atoms with van der Waals surface area (Å²) in [5, 5.41) is 24.3. The van der Waals surface area contributed by atoms with E-state index in [1.807, 2.05) is 5.32 Å². The highest BCUT2D eigenvalue weighted by Gasteiger charge is 2.31. The Morgan fingerprint density at radius 1 is 0.719 bits per heavy atom.